The van der Waals surface area contributed by atoms with Gasteiger partial charge in [0.25, 0.3) is 0 Å². The summed E-state index contributed by atoms with van der Waals surface area (Å²) in [7, 11) is -3.83. The van der Waals surface area contributed by atoms with Gasteiger partial charge in [-0.3, -0.25) is 4.79 Å². The summed E-state index contributed by atoms with van der Waals surface area (Å²) in [5, 5.41) is 11.3. The van der Waals surface area contributed by atoms with Gasteiger partial charge in [0.2, 0.25) is 5.91 Å². The second-order valence-corrected chi connectivity index (χ2v) is 11.5. The van der Waals surface area contributed by atoms with Crippen LogP contribution in [0.1, 0.15) is 31.2 Å². The summed E-state index contributed by atoms with van der Waals surface area (Å²) in [6, 6.07) is 12.5. The van der Waals surface area contributed by atoms with Gasteiger partial charge in [0.1, 0.15) is 11.4 Å². The second kappa shape index (κ2) is 9.22. The number of hydrogen-bond donors (Lipinski definition) is 1. The molecule has 3 atom stereocenters. The Hall–Kier alpha value is -2.18. The minimum Gasteiger partial charge on any atom is -0.373 e. The number of ether oxygens (including phenoxy) is 1. The summed E-state index contributed by atoms with van der Waals surface area (Å²) in [4.78, 5) is 13.0. The molecule has 0 saturated heterocycles. The van der Waals surface area contributed by atoms with Gasteiger partial charge in [-0.2, -0.15) is 5.26 Å². The van der Waals surface area contributed by atoms with Crippen LogP contribution in [0.5, 0.6) is 0 Å². The maximum atomic E-state index is 13.8. The number of carbonyl (C=O) groups excluding carboxylic acids is 1. The highest BCUT2D eigenvalue weighted by Gasteiger charge is 2.50. The van der Waals surface area contributed by atoms with Crippen LogP contribution in [0.25, 0.3) is 0 Å². The van der Waals surface area contributed by atoms with Crippen LogP contribution >= 0.6 is 23.2 Å². The maximum Gasteiger partial charge on any atom is 0.227 e. The first-order chi connectivity index (χ1) is 15.6. The molecule has 1 amide bonds. The zero-order chi connectivity index (χ0) is 23.8. The van der Waals surface area contributed by atoms with Crippen molar-refractivity contribution in [1.82, 2.24) is 5.32 Å². The molecule has 2 saturated carbocycles. The fraction of sp³-hybridized carbons (Fsp3) is 0.391. The van der Waals surface area contributed by atoms with Crippen LogP contribution in [-0.4, -0.2) is 31.2 Å². The first kappa shape index (κ1) is 24.0. The smallest absolute Gasteiger partial charge is 0.227 e. The summed E-state index contributed by atoms with van der Waals surface area (Å²) >= 11 is 11.9. The second-order valence-electron chi connectivity index (χ2n) is 8.46. The number of nitrogens with zero attached hydrogens (tertiary/aromatic N) is 1. The van der Waals surface area contributed by atoms with Crippen LogP contribution in [0.2, 0.25) is 10.0 Å². The van der Waals surface area contributed by atoms with Gasteiger partial charge in [0.15, 0.2) is 9.84 Å². The van der Waals surface area contributed by atoms with E-state index in [1.165, 1.54) is 24.3 Å². The monoisotopic (exact) mass is 510 g/mol. The number of amides is 1. The quantitative estimate of drug-likeness (QED) is 0.593. The molecular formula is C23H21Cl2FN2O4S. The van der Waals surface area contributed by atoms with Crippen molar-refractivity contribution in [3.8, 4) is 6.07 Å². The van der Waals surface area contributed by atoms with Crippen molar-refractivity contribution in [2.24, 2.45) is 5.92 Å². The van der Waals surface area contributed by atoms with E-state index in [4.69, 9.17) is 27.9 Å². The van der Waals surface area contributed by atoms with Crippen molar-refractivity contribution >= 4 is 38.9 Å². The molecule has 33 heavy (non-hydrogen) atoms. The topological polar surface area (TPSA) is 96.3 Å². The van der Waals surface area contributed by atoms with E-state index in [2.05, 4.69) is 11.4 Å². The Kier molecular flexibility index (Phi) is 6.70. The zero-order valence-corrected chi connectivity index (χ0v) is 19.8. The molecule has 0 heterocycles. The fourth-order valence-electron chi connectivity index (χ4n) is 4.07. The lowest BCUT2D eigenvalue weighted by molar-refractivity contribution is -0.130. The van der Waals surface area contributed by atoms with Gasteiger partial charge in [-0.25, -0.2) is 12.8 Å². The molecule has 174 valence electrons. The molecule has 1 N–H and O–H groups in total. The number of hydrogen-bond acceptors (Lipinski definition) is 5. The maximum absolute atomic E-state index is 13.8. The Balaban J connectivity index is 1.56. The third-order valence-corrected chi connectivity index (χ3v) is 9.13. The normalized spacial score (nSPS) is 23.6. The van der Waals surface area contributed by atoms with Gasteiger partial charge >= 0.3 is 0 Å². The summed E-state index contributed by atoms with van der Waals surface area (Å²) < 4.78 is 46.3. The molecule has 0 unspecified atom stereocenters. The van der Waals surface area contributed by atoms with Crippen LogP contribution in [-0.2, 0) is 26.0 Å². The largest absolute Gasteiger partial charge is 0.373 e. The van der Waals surface area contributed by atoms with Gasteiger partial charge in [0, 0.05) is 0 Å². The zero-order valence-electron chi connectivity index (χ0n) is 17.4. The summed E-state index contributed by atoms with van der Waals surface area (Å²) in [6.07, 6.45) is 0.472. The van der Waals surface area contributed by atoms with Gasteiger partial charge in [-0.15, -0.1) is 0 Å². The van der Waals surface area contributed by atoms with Gasteiger partial charge in [-0.05, 0) is 55.5 Å². The summed E-state index contributed by atoms with van der Waals surface area (Å²) in [5.74, 6) is -1.80. The van der Waals surface area contributed by atoms with Crippen molar-refractivity contribution in [3.05, 3.63) is 63.9 Å². The van der Waals surface area contributed by atoms with Crippen molar-refractivity contribution < 1.29 is 22.3 Å². The Morgan fingerprint density at radius 1 is 1.18 bits per heavy atom. The van der Waals surface area contributed by atoms with E-state index in [1.807, 2.05) is 0 Å². The first-order valence-corrected chi connectivity index (χ1v) is 12.7. The standard InChI is InChI=1S/C23H21Cl2FN2O4S/c24-17-6-5-14(9-19(17)26)12-32-20-11-15(33(30,31)21-4-2-1-3-18(21)25)10-16(20)22(29)28-23(13-27)7-8-23/h1-6,9,15-16,20H,7-8,10-12H2,(H,28,29)/t15-,16-,20-/m1/s1. The molecule has 2 fully saturated rings. The Bertz CT molecular complexity index is 1230. The molecule has 0 bridgehead atoms. The van der Waals surface area contributed by atoms with E-state index in [9.17, 15) is 22.9 Å². The molecule has 2 aliphatic carbocycles. The molecule has 0 aliphatic heterocycles. The van der Waals surface area contributed by atoms with E-state index in [0.717, 1.165) is 0 Å². The third-order valence-electron chi connectivity index (χ3n) is 6.15. The van der Waals surface area contributed by atoms with E-state index < -0.39 is 44.4 Å². The van der Waals surface area contributed by atoms with E-state index in [-0.39, 0.29) is 34.4 Å². The molecule has 0 radical (unpaired) electrons. The number of halogens is 3. The van der Waals surface area contributed by atoms with Crippen molar-refractivity contribution in [3.63, 3.8) is 0 Å². The van der Waals surface area contributed by atoms with Crippen LogP contribution < -0.4 is 5.32 Å². The van der Waals surface area contributed by atoms with Gasteiger partial charge < -0.3 is 10.1 Å². The minimum absolute atomic E-state index is 0.00642. The van der Waals surface area contributed by atoms with Crippen LogP contribution in [0, 0.1) is 23.1 Å². The van der Waals surface area contributed by atoms with Crippen LogP contribution in [0.4, 0.5) is 4.39 Å². The van der Waals surface area contributed by atoms with Gasteiger partial charge in [0.05, 0.1) is 44.9 Å². The number of nitrogens with one attached hydrogen (secondary N) is 1. The molecule has 4 rings (SSSR count). The SMILES string of the molecule is N#CC1(NC(=O)[C@@H]2C[C@@H](S(=O)(=O)c3ccccc3Cl)C[C@H]2OCc2ccc(Cl)c(F)c2)CC1. The number of sulfone groups is 1. The lowest BCUT2D eigenvalue weighted by Crippen LogP contribution is -2.42. The molecule has 2 aliphatic rings. The van der Waals surface area contributed by atoms with Crippen molar-refractivity contribution in [2.75, 3.05) is 0 Å². The number of rotatable bonds is 7. The Morgan fingerprint density at radius 2 is 1.91 bits per heavy atom. The summed E-state index contributed by atoms with van der Waals surface area (Å²) in [5.41, 5.74) is -0.384. The molecule has 2 aromatic carbocycles. The number of carbonyl (C=O) groups is 1. The predicted molar refractivity (Wildman–Crippen MR) is 121 cm³/mol. The number of nitriles is 1. The lowest BCUT2D eigenvalue weighted by Gasteiger charge is -2.21. The molecule has 0 spiro atoms. The Labute approximate surface area is 201 Å². The van der Waals surface area contributed by atoms with E-state index in [1.54, 1.807) is 18.2 Å². The molecule has 0 aromatic heterocycles. The average Bonchev–Trinajstić information content (AvgIpc) is 3.41. The van der Waals surface area contributed by atoms with E-state index >= 15 is 0 Å². The predicted octanol–water partition coefficient (Wildman–Crippen LogP) is 4.44. The highest BCUT2D eigenvalue weighted by Crippen LogP contribution is 2.40. The molecule has 10 heteroatoms. The van der Waals surface area contributed by atoms with Gasteiger partial charge in [-0.1, -0.05) is 41.4 Å². The summed E-state index contributed by atoms with van der Waals surface area (Å²) in [6.45, 7) is -0.0230. The average molecular weight is 511 g/mol. The van der Waals surface area contributed by atoms with Crippen molar-refractivity contribution in [2.45, 2.75) is 54.1 Å². The Morgan fingerprint density at radius 3 is 2.55 bits per heavy atom. The van der Waals surface area contributed by atoms with E-state index in [0.29, 0.717) is 18.4 Å². The minimum atomic E-state index is -3.83. The highest BCUT2D eigenvalue weighted by molar-refractivity contribution is 7.92. The molecule has 2 aromatic rings. The van der Waals surface area contributed by atoms with Crippen LogP contribution in [0.3, 0.4) is 0 Å². The van der Waals surface area contributed by atoms with Crippen molar-refractivity contribution in [1.29, 1.82) is 5.26 Å². The molecular weight excluding hydrogens is 490 g/mol. The third kappa shape index (κ3) is 5.02. The molecule has 6 nitrogen and oxygen atoms in total. The number of benzene rings is 2. The van der Waals surface area contributed by atoms with Crippen LogP contribution in [0.15, 0.2) is 47.4 Å². The lowest BCUT2D eigenvalue weighted by atomic mass is 10.0. The first-order valence-electron chi connectivity index (χ1n) is 10.4. The highest BCUT2D eigenvalue weighted by atomic mass is 35.5. The fourth-order valence-corrected chi connectivity index (χ4v) is 6.52.